The number of rotatable bonds is 0. The van der Waals surface area contributed by atoms with E-state index in [9.17, 15) is 0 Å². The summed E-state index contributed by atoms with van der Waals surface area (Å²) < 4.78 is 0. The van der Waals surface area contributed by atoms with E-state index >= 15 is 0 Å². The molecule has 30 valence electrons. The maximum atomic E-state index is 8.12. The number of hydrogen-bond acceptors (Lipinski definition) is 2. The van der Waals surface area contributed by atoms with Crippen LogP contribution in [0.2, 0.25) is 0 Å². The fraction of sp³-hybridized carbons (Fsp3) is 0. The lowest BCUT2D eigenvalue weighted by atomic mass is 11.8. The van der Waals surface area contributed by atoms with Gasteiger partial charge in [-0.15, -0.1) is 17.9 Å². The van der Waals surface area contributed by atoms with Crippen molar-refractivity contribution >= 4 is 24.0 Å². The molecule has 0 aromatic carbocycles. The van der Waals surface area contributed by atoms with E-state index in [2.05, 4.69) is 17.9 Å². The van der Waals surface area contributed by atoms with E-state index in [0.717, 1.165) is 0 Å². The SMILES string of the molecule is O=C=O.PP. The zero-order valence-electron chi connectivity index (χ0n) is 2.47. The van der Waals surface area contributed by atoms with Crippen LogP contribution in [0.25, 0.3) is 0 Å². The van der Waals surface area contributed by atoms with Gasteiger partial charge in [-0.3, -0.25) is 0 Å². The highest BCUT2D eigenvalue weighted by Crippen LogP contribution is 1.86. The Balaban J connectivity index is 0. The smallest absolute Gasteiger partial charge is 0.186 e. The molecular formula is CH4O2P2. The van der Waals surface area contributed by atoms with E-state index in [1.165, 1.54) is 0 Å². The Morgan fingerprint density at radius 1 is 1.20 bits per heavy atom. The van der Waals surface area contributed by atoms with Crippen LogP contribution in [0.1, 0.15) is 0 Å². The second-order valence-corrected chi connectivity index (χ2v) is 0.0833. The van der Waals surface area contributed by atoms with Crippen LogP contribution in [0.4, 0.5) is 0 Å². The Bertz CT molecular complexity index is 28.6. The Labute approximate surface area is 34.6 Å². The highest BCUT2D eigenvalue weighted by molar-refractivity contribution is 7.92. The maximum Gasteiger partial charge on any atom is 0.373 e. The third kappa shape index (κ3) is 369. The summed E-state index contributed by atoms with van der Waals surface area (Å²) in [6, 6.07) is 0. The van der Waals surface area contributed by atoms with Crippen molar-refractivity contribution in [2.45, 2.75) is 0 Å². The second-order valence-electron chi connectivity index (χ2n) is 0.0833. The van der Waals surface area contributed by atoms with Gasteiger partial charge in [0.05, 0.1) is 0 Å². The minimum absolute atomic E-state index is 0.250. The van der Waals surface area contributed by atoms with Gasteiger partial charge < -0.3 is 0 Å². The van der Waals surface area contributed by atoms with Crippen LogP contribution in [0.15, 0.2) is 0 Å². The molecule has 2 nitrogen and oxygen atoms in total. The quantitative estimate of drug-likeness (QED) is 0.413. The van der Waals surface area contributed by atoms with E-state index in [1.807, 2.05) is 0 Å². The summed E-state index contributed by atoms with van der Waals surface area (Å²) in [7, 11) is 4.67. The van der Waals surface area contributed by atoms with Gasteiger partial charge in [0.15, 0.2) is 0 Å². The molecule has 0 aromatic rings. The van der Waals surface area contributed by atoms with Crippen LogP contribution < -0.4 is 0 Å². The van der Waals surface area contributed by atoms with Gasteiger partial charge in [0.1, 0.15) is 0 Å². The zero-order valence-corrected chi connectivity index (χ0v) is 4.78. The van der Waals surface area contributed by atoms with Gasteiger partial charge in [-0.2, -0.15) is 9.59 Å². The lowest BCUT2D eigenvalue weighted by molar-refractivity contribution is -0.191. The Morgan fingerprint density at radius 3 is 1.20 bits per heavy atom. The van der Waals surface area contributed by atoms with Gasteiger partial charge in [-0.05, 0) is 0 Å². The minimum Gasteiger partial charge on any atom is -0.186 e. The molecule has 0 aromatic heterocycles. The summed E-state index contributed by atoms with van der Waals surface area (Å²) >= 11 is 0. The van der Waals surface area contributed by atoms with Crippen molar-refractivity contribution in [2.24, 2.45) is 0 Å². The standard InChI is InChI=1S/CO2.H4P2/c2-1-3;1-2/h;1-2H2. The first-order valence-corrected chi connectivity index (χ1v) is 3.41. The summed E-state index contributed by atoms with van der Waals surface area (Å²) in [6.45, 7) is 0. The molecule has 0 saturated carbocycles. The first-order chi connectivity index (χ1) is 2.41. The molecule has 0 radical (unpaired) electrons. The van der Waals surface area contributed by atoms with Crippen LogP contribution in [0, 0.1) is 0 Å². The van der Waals surface area contributed by atoms with E-state index < -0.39 is 0 Å². The molecule has 0 bridgehead atoms. The van der Waals surface area contributed by atoms with Gasteiger partial charge in [0.25, 0.3) is 0 Å². The Morgan fingerprint density at radius 2 is 1.20 bits per heavy atom. The third-order valence-electron chi connectivity index (χ3n) is 0. The molecule has 0 amide bonds. The van der Waals surface area contributed by atoms with Crippen LogP contribution >= 0.6 is 17.9 Å². The summed E-state index contributed by atoms with van der Waals surface area (Å²) in [6.07, 6.45) is 0.250. The van der Waals surface area contributed by atoms with Crippen molar-refractivity contribution in [1.29, 1.82) is 0 Å². The van der Waals surface area contributed by atoms with Gasteiger partial charge in [-0.1, -0.05) is 0 Å². The Hall–Kier alpha value is 0.240. The minimum atomic E-state index is 0.250. The molecule has 2 atom stereocenters. The molecule has 0 spiro atoms. The molecule has 0 N–H and O–H groups in total. The van der Waals surface area contributed by atoms with Crippen molar-refractivity contribution in [1.82, 2.24) is 0 Å². The first-order valence-electron chi connectivity index (χ1n) is 0.742. The average molecular weight is 110 g/mol. The monoisotopic (exact) mass is 110 g/mol. The van der Waals surface area contributed by atoms with Crippen LogP contribution in [-0.4, -0.2) is 6.15 Å². The molecule has 0 aliphatic rings. The molecule has 2 unspecified atom stereocenters. The number of hydrogen-bond donors (Lipinski definition) is 0. The Kier molecular flexibility index (Phi) is 52.0. The van der Waals surface area contributed by atoms with E-state index in [1.54, 1.807) is 0 Å². The van der Waals surface area contributed by atoms with E-state index in [4.69, 9.17) is 9.59 Å². The summed E-state index contributed by atoms with van der Waals surface area (Å²) in [5.41, 5.74) is 0. The summed E-state index contributed by atoms with van der Waals surface area (Å²) in [5.74, 6) is 0. The van der Waals surface area contributed by atoms with Gasteiger partial charge in [0, 0.05) is 0 Å². The fourth-order valence-electron chi connectivity index (χ4n) is 0. The van der Waals surface area contributed by atoms with Crippen molar-refractivity contribution in [3.8, 4) is 0 Å². The molecule has 0 saturated heterocycles. The van der Waals surface area contributed by atoms with Crippen LogP contribution in [0.5, 0.6) is 0 Å². The molecule has 0 aliphatic heterocycles. The normalized spacial score (nSPS) is 2.80. The largest absolute Gasteiger partial charge is 0.373 e. The predicted octanol–water partition coefficient (Wildman–Crippen LogP) is 0.0681. The zero-order chi connectivity index (χ0) is 4.71. The predicted molar refractivity (Wildman–Crippen MR) is 24.4 cm³/mol. The third-order valence-corrected chi connectivity index (χ3v) is 0. The van der Waals surface area contributed by atoms with Gasteiger partial charge in [0.2, 0.25) is 0 Å². The molecule has 4 heteroatoms. The maximum absolute atomic E-state index is 8.12. The molecular weight excluding hydrogens is 106 g/mol. The topological polar surface area (TPSA) is 34.1 Å². The first kappa shape index (κ1) is 8.97. The van der Waals surface area contributed by atoms with Gasteiger partial charge in [-0.25, -0.2) is 0 Å². The summed E-state index contributed by atoms with van der Waals surface area (Å²) in [4.78, 5) is 16.2. The van der Waals surface area contributed by atoms with Crippen molar-refractivity contribution in [3.05, 3.63) is 0 Å². The van der Waals surface area contributed by atoms with E-state index in [-0.39, 0.29) is 6.15 Å². The van der Waals surface area contributed by atoms with Crippen molar-refractivity contribution < 1.29 is 9.59 Å². The van der Waals surface area contributed by atoms with Crippen molar-refractivity contribution in [2.75, 3.05) is 0 Å². The van der Waals surface area contributed by atoms with E-state index in [0.29, 0.717) is 0 Å². The average Bonchev–Trinajstić information content (AvgIpc) is 1.46. The summed E-state index contributed by atoms with van der Waals surface area (Å²) in [5, 5.41) is 0. The highest BCUT2D eigenvalue weighted by atomic mass is 32.0. The lowest BCUT2D eigenvalue weighted by Crippen LogP contribution is -1.22. The van der Waals surface area contributed by atoms with Crippen LogP contribution in [-0.2, 0) is 9.59 Å². The molecule has 0 aliphatic carbocycles. The lowest BCUT2D eigenvalue weighted by Gasteiger charge is -1.12. The van der Waals surface area contributed by atoms with Gasteiger partial charge >= 0.3 is 6.15 Å². The van der Waals surface area contributed by atoms with Crippen LogP contribution in [0.3, 0.4) is 0 Å². The number of carbonyl (C=O) groups excluding carboxylic acids is 2. The van der Waals surface area contributed by atoms with Crippen molar-refractivity contribution in [3.63, 3.8) is 0 Å². The molecule has 0 fully saturated rings. The molecule has 0 heterocycles. The molecule has 0 rings (SSSR count). The fourth-order valence-corrected chi connectivity index (χ4v) is 0. The highest BCUT2D eigenvalue weighted by Gasteiger charge is 1.13. The molecule has 5 heavy (non-hydrogen) atoms. The second kappa shape index (κ2) is 28.9.